The molecule has 0 rings (SSSR count). The Labute approximate surface area is 65.2 Å². The molecule has 0 aromatic heterocycles. The van der Waals surface area contributed by atoms with E-state index in [4.69, 9.17) is 4.74 Å². The van der Waals surface area contributed by atoms with Gasteiger partial charge in [-0.3, -0.25) is 4.79 Å². The lowest BCUT2D eigenvalue weighted by Gasteiger charge is -2.06. The summed E-state index contributed by atoms with van der Waals surface area (Å²) in [4.78, 5) is 9.92. The molecule has 0 radical (unpaired) electrons. The number of halogens is 1. The Morgan fingerprint density at radius 1 is 1.64 bits per heavy atom. The van der Waals surface area contributed by atoms with Crippen molar-refractivity contribution < 1.29 is 13.9 Å². The van der Waals surface area contributed by atoms with Gasteiger partial charge in [0.15, 0.2) is 0 Å². The van der Waals surface area contributed by atoms with Gasteiger partial charge >= 0.3 is 0 Å². The largest absolute Gasteiger partial charge is 0.494 e. The van der Waals surface area contributed by atoms with Crippen LogP contribution < -0.4 is 5.32 Å². The molecule has 4 heteroatoms. The summed E-state index contributed by atoms with van der Waals surface area (Å²) in [6.45, 7) is 2.86. The maximum Gasteiger partial charge on any atom is 0.211 e. The molecule has 0 aromatic rings. The van der Waals surface area contributed by atoms with E-state index < -0.39 is 6.67 Å². The van der Waals surface area contributed by atoms with E-state index in [-0.39, 0.29) is 6.61 Å². The second-order valence-corrected chi connectivity index (χ2v) is 1.98. The lowest BCUT2D eigenvalue weighted by atomic mass is 10.4. The second-order valence-electron chi connectivity index (χ2n) is 1.98. The zero-order valence-corrected chi connectivity index (χ0v) is 6.69. The molecule has 64 valence electrons. The molecular formula is C7H12FNO2. The fraction of sp³-hybridized carbons (Fsp3) is 0.571. The van der Waals surface area contributed by atoms with Crippen molar-refractivity contribution in [1.29, 1.82) is 0 Å². The van der Waals surface area contributed by atoms with Crippen molar-refractivity contribution in [3.63, 3.8) is 0 Å². The van der Waals surface area contributed by atoms with Crippen molar-refractivity contribution in [2.45, 2.75) is 13.8 Å². The van der Waals surface area contributed by atoms with Gasteiger partial charge in [-0.2, -0.15) is 0 Å². The molecule has 0 aromatic carbocycles. The lowest BCUT2D eigenvalue weighted by molar-refractivity contribution is -0.109. The first kappa shape index (κ1) is 9.94. The van der Waals surface area contributed by atoms with Gasteiger partial charge < -0.3 is 10.1 Å². The van der Waals surface area contributed by atoms with Crippen LogP contribution in [0.2, 0.25) is 0 Å². The SMILES string of the molecule is C/C(NC=O)=C(\C)OCCF. The zero-order chi connectivity index (χ0) is 8.69. The van der Waals surface area contributed by atoms with Crippen LogP contribution in [-0.2, 0) is 9.53 Å². The smallest absolute Gasteiger partial charge is 0.211 e. The fourth-order valence-corrected chi connectivity index (χ4v) is 0.490. The van der Waals surface area contributed by atoms with Crippen LogP contribution in [0.25, 0.3) is 0 Å². The fourth-order valence-electron chi connectivity index (χ4n) is 0.490. The molecule has 0 fully saturated rings. The minimum absolute atomic E-state index is 0.0315. The first-order valence-corrected chi connectivity index (χ1v) is 3.28. The van der Waals surface area contributed by atoms with Crippen LogP contribution in [0.4, 0.5) is 4.39 Å². The molecule has 0 saturated carbocycles. The summed E-state index contributed by atoms with van der Waals surface area (Å²) in [5, 5.41) is 2.41. The highest BCUT2D eigenvalue weighted by Crippen LogP contribution is 2.00. The lowest BCUT2D eigenvalue weighted by Crippen LogP contribution is -2.10. The van der Waals surface area contributed by atoms with Gasteiger partial charge in [-0.05, 0) is 13.8 Å². The number of hydrogen-bond donors (Lipinski definition) is 1. The molecule has 0 aliphatic heterocycles. The Hall–Kier alpha value is -1.06. The van der Waals surface area contributed by atoms with E-state index in [0.29, 0.717) is 17.9 Å². The van der Waals surface area contributed by atoms with E-state index in [9.17, 15) is 9.18 Å². The van der Waals surface area contributed by atoms with Crippen LogP contribution in [0.15, 0.2) is 11.5 Å². The quantitative estimate of drug-likeness (QED) is 0.482. The highest BCUT2D eigenvalue weighted by atomic mass is 19.1. The Morgan fingerprint density at radius 2 is 2.27 bits per heavy atom. The third kappa shape index (κ3) is 4.36. The summed E-state index contributed by atoms with van der Waals surface area (Å²) >= 11 is 0. The highest BCUT2D eigenvalue weighted by Gasteiger charge is 1.95. The summed E-state index contributed by atoms with van der Waals surface area (Å²) in [5.41, 5.74) is 0.605. The molecule has 0 spiro atoms. The minimum Gasteiger partial charge on any atom is -0.494 e. The standard InChI is InChI=1S/C7H12FNO2/c1-6(9-5-10)7(2)11-4-3-8/h5H,3-4H2,1-2H3,(H,9,10)/b7-6-. The summed E-state index contributed by atoms with van der Waals surface area (Å²) in [6, 6.07) is 0. The van der Waals surface area contributed by atoms with Crippen molar-refractivity contribution >= 4 is 6.41 Å². The number of rotatable bonds is 5. The van der Waals surface area contributed by atoms with Crippen LogP contribution in [0.5, 0.6) is 0 Å². The topological polar surface area (TPSA) is 38.3 Å². The van der Waals surface area contributed by atoms with Crippen LogP contribution in [-0.4, -0.2) is 19.7 Å². The summed E-state index contributed by atoms with van der Waals surface area (Å²) in [7, 11) is 0. The maximum absolute atomic E-state index is 11.6. The molecule has 0 saturated heterocycles. The minimum atomic E-state index is -0.522. The van der Waals surface area contributed by atoms with E-state index in [2.05, 4.69) is 5.32 Å². The number of allylic oxidation sites excluding steroid dienone is 2. The van der Waals surface area contributed by atoms with E-state index in [1.165, 1.54) is 0 Å². The van der Waals surface area contributed by atoms with Gasteiger partial charge in [-0.15, -0.1) is 0 Å². The van der Waals surface area contributed by atoms with Crippen LogP contribution in [0, 0.1) is 0 Å². The van der Waals surface area contributed by atoms with Crippen molar-refractivity contribution in [2.75, 3.05) is 13.3 Å². The third-order valence-electron chi connectivity index (χ3n) is 1.20. The molecule has 0 heterocycles. The number of amides is 1. The third-order valence-corrected chi connectivity index (χ3v) is 1.20. The number of hydrogen-bond acceptors (Lipinski definition) is 2. The summed E-state index contributed by atoms with van der Waals surface area (Å²) in [6.07, 6.45) is 0.553. The molecular weight excluding hydrogens is 149 g/mol. The highest BCUT2D eigenvalue weighted by molar-refractivity contribution is 5.49. The van der Waals surface area contributed by atoms with Crippen LogP contribution in [0.1, 0.15) is 13.8 Å². The van der Waals surface area contributed by atoms with Gasteiger partial charge in [0.25, 0.3) is 0 Å². The van der Waals surface area contributed by atoms with Crippen molar-refractivity contribution in [3.05, 3.63) is 11.5 Å². The van der Waals surface area contributed by atoms with Gasteiger partial charge in [0.1, 0.15) is 19.0 Å². The Bertz CT molecular complexity index is 157. The number of carbonyl (C=O) groups is 1. The monoisotopic (exact) mass is 161 g/mol. The zero-order valence-electron chi connectivity index (χ0n) is 6.69. The second kappa shape index (κ2) is 5.70. The average molecular weight is 161 g/mol. The summed E-state index contributed by atoms with van der Waals surface area (Å²) < 4.78 is 16.5. The van der Waals surface area contributed by atoms with Gasteiger partial charge in [0.2, 0.25) is 6.41 Å². The molecule has 0 bridgehead atoms. The Morgan fingerprint density at radius 3 is 2.73 bits per heavy atom. The van der Waals surface area contributed by atoms with E-state index >= 15 is 0 Å². The van der Waals surface area contributed by atoms with Crippen molar-refractivity contribution in [2.24, 2.45) is 0 Å². The normalized spacial score (nSPS) is 11.9. The molecule has 3 nitrogen and oxygen atoms in total. The van der Waals surface area contributed by atoms with Gasteiger partial charge in [0.05, 0.1) is 5.70 Å². The number of carbonyl (C=O) groups excluding carboxylic acids is 1. The number of ether oxygens (including phenoxy) is 1. The Balaban J connectivity index is 3.82. The first-order chi connectivity index (χ1) is 5.22. The molecule has 11 heavy (non-hydrogen) atoms. The molecule has 0 unspecified atom stereocenters. The van der Waals surface area contributed by atoms with Crippen molar-refractivity contribution in [1.82, 2.24) is 5.32 Å². The van der Waals surface area contributed by atoms with Gasteiger partial charge in [0, 0.05) is 0 Å². The van der Waals surface area contributed by atoms with E-state index in [1.54, 1.807) is 13.8 Å². The van der Waals surface area contributed by atoms with E-state index in [1.807, 2.05) is 0 Å². The molecule has 0 atom stereocenters. The Kier molecular flexibility index (Phi) is 5.15. The van der Waals surface area contributed by atoms with Crippen LogP contribution in [0.3, 0.4) is 0 Å². The first-order valence-electron chi connectivity index (χ1n) is 3.28. The predicted molar refractivity (Wildman–Crippen MR) is 39.5 cm³/mol. The van der Waals surface area contributed by atoms with Crippen molar-refractivity contribution in [3.8, 4) is 0 Å². The average Bonchev–Trinajstić information content (AvgIpc) is 2.00. The van der Waals surface area contributed by atoms with Gasteiger partial charge in [-0.1, -0.05) is 0 Å². The number of alkyl halides is 1. The maximum atomic E-state index is 11.6. The van der Waals surface area contributed by atoms with E-state index in [0.717, 1.165) is 0 Å². The molecule has 0 aliphatic rings. The van der Waals surface area contributed by atoms with Gasteiger partial charge in [-0.25, -0.2) is 4.39 Å². The summed E-state index contributed by atoms with van der Waals surface area (Å²) in [5.74, 6) is 0.537. The molecule has 0 aliphatic carbocycles. The molecule has 1 N–H and O–H groups in total. The van der Waals surface area contributed by atoms with Crippen LogP contribution >= 0.6 is 0 Å². The number of nitrogens with one attached hydrogen (secondary N) is 1. The predicted octanol–water partition coefficient (Wildman–Crippen LogP) is 0.970. The molecule has 1 amide bonds.